The van der Waals surface area contributed by atoms with Gasteiger partial charge in [0.25, 0.3) is 0 Å². The normalized spacial score (nSPS) is 13.6. The van der Waals surface area contributed by atoms with E-state index >= 15 is 0 Å². The quantitative estimate of drug-likeness (QED) is 0.733. The van der Waals surface area contributed by atoms with Crippen LogP contribution in [0.25, 0.3) is 11.4 Å². The molecule has 1 N–H and O–H groups in total. The molecule has 2 aromatic heterocycles. The third-order valence-electron chi connectivity index (χ3n) is 5.24. The van der Waals surface area contributed by atoms with Crippen molar-refractivity contribution in [2.24, 2.45) is 0 Å². The Hall–Kier alpha value is -3.02. The standard InChI is InChI=1S/C22H25N5O/c1-16-8-10-18(22-26-25-20-7-3-2-4-13-27(20)22)14-19(16)24-21(28)11-9-17-6-5-12-23-15-17/h5-6,8,10,12,14-15H,2-4,7,9,11,13H2,1H3,(H,24,28). The first-order valence-corrected chi connectivity index (χ1v) is 9.92. The van der Waals surface area contributed by atoms with Crippen LogP contribution in [0.15, 0.2) is 42.7 Å². The average Bonchev–Trinajstić information content (AvgIpc) is 2.97. The summed E-state index contributed by atoms with van der Waals surface area (Å²) in [6.07, 6.45) is 9.18. The number of benzene rings is 1. The summed E-state index contributed by atoms with van der Waals surface area (Å²) in [7, 11) is 0. The van der Waals surface area contributed by atoms with E-state index in [1.54, 1.807) is 12.4 Å². The van der Waals surface area contributed by atoms with Crippen molar-refractivity contribution in [2.75, 3.05) is 5.32 Å². The fourth-order valence-corrected chi connectivity index (χ4v) is 3.61. The predicted octanol–water partition coefficient (Wildman–Crippen LogP) is 3.95. The second-order valence-electron chi connectivity index (χ2n) is 7.34. The molecule has 0 atom stereocenters. The highest BCUT2D eigenvalue weighted by Gasteiger charge is 2.17. The highest BCUT2D eigenvalue weighted by atomic mass is 16.1. The van der Waals surface area contributed by atoms with Crippen LogP contribution in [0.1, 0.15) is 42.6 Å². The number of hydrogen-bond donors (Lipinski definition) is 1. The van der Waals surface area contributed by atoms with E-state index in [1.165, 1.54) is 12.8 Å². The van der Waals surface area contributed by atoms with Crippen LogP contribution >= 0.6 is 0 Å². The molecular formula is C22H25N5O. The van der Waals surface area contributed by atoms with Gasteiger partial charge in [-0.1, -0.05) is 24.6 Å². The molecule has 1 aromatic carbocycles. The Balaban J connectivity index is 1.50. The monoisotopic (exact) mass is 375 g/mol. The Kier molecular flexibility index (Phi) is 5.46. The molecule has 0 fully saturated rings. The summed E-state index contributed by atoms with van der Waals surface area (Å²) in [6.45, 7) is 2.96. The molecule has 144 valence electrons. The van der Waals surface area contributed by atoms with Gasteiger partial charge in [-0.3, -0.25) is 9.78 Å². The third kappa shape index (κ3) is 4.11. The molecule has 3 heterocycles. The summed E-state index contributed by atoms with van der Waals surface area (Å²) in [6, 6.07) is 9.98. The number of amides is 1. The van der Waals surface area contributed by atoms with Crippen LogP contribution in [0.3, 0.4) is 0 Å². The number of carbonyl (C=O) groups excluding carboxylic acids is 1. The van der Waals surface area contributed by atoms with Gasteiger partial charge in [-0.25, -0.2) is 0 Å². The van der Waals surface area contributed by atoms with Crippen molar-refractivity contribution in [3.8, 4) is 11.4 Å². The molecule has 0 aliphatic carbocycles. The molecule has 3 aromatic rings. The molecule has 28 heavy (non-hydrogen) atoms. The number of aromatic nitrogens is 4. The predicted molar refractivity (Wildman–Crippen MR) is 109 cm³/mol. The second kappa shape index (κ2) is 8.33. The number of carbonyl (C=O) groups is 1. The van der Waals surface area contributed by atoms with Gasteiger partial charge in [0, 0.05) is 43.0 Å². The molecular weight excluding hydrogens is 350 g/mol. The first-order chi connectivity index (χ1) is 13.7. The van der Waals surface area contributed by atoms with Crippen molar-refractivity contribution in [3.63, 3.8) is 0 Å². The Morgan fingerprint density at radius 1 is 1.18 bits per heavy atom. The minimum absolute atomic E-state index is 0.00387. The Morgan fingerprint density at radius 3 is 2.96 bits per heavy atom. The zero-order chi connectivity index (χ0) is 19.3. The molecule has 0 unspecified atom stereocenters. The number of anilines is 1. The first kappa shape index (κ1) is 18.3. The van der Waals surface area contributed by atoms with E-state index in [0.717, 1.165) is 53.4 Å². The lowest BCUT2D eigenvalue weighted by atomic mass is 10.1. The van der Waals surface area contributed by atoms with Gasteiger partial charge in [0.05, 0.1) is 0 Å². The molecule has 0 bridgehead atoms. The summed E-state index contributed by atoms with van der Waals surface area (Å²) in [5, 5.41) is 11.9. The van der Waals surface area contributed by atoms with Crippen molar-refractivity contribution in [2.45, 2.75) is 52.0 Å². The van der Waals surface area contributed by atoms with Gasteiger partial charge in [0.2, 0.25) is 5.91 Å². The van der Waals surface area contributed by atoms with Gasteiger partial charge in [0.1, 0.15) is 5.82 Å². The molecule has 0 saturated carbocycles. The Bertz CT molecular complexity index is 964. The number of nitrogens with zero attached hydrogens (tertiary/aromatic N) is 4. The van der Waals surface area contributed by atoms with Crippen LogP contribution in [0, 0.1) is 6.92 Å². The van der Waals surface area contributed by atoms with Crippen LogP contribution in [0.4, 0.5) is 5.69 Å². The minimum atomic E-state index is 0.00387. The van der Waals surface area contributed by atoms with E-state index in [1.807, 2.05) is 31.2 Å². The van der Waals surface area contributed by atoms with Gasteiger partial charge in [-0.2, -0.15) is 0 Å². The lowest BCUT2D eigenvalue weighted by Gasteiger charge is -2.12. The molecule has 1 amide bonds. The van der Waals surface area contributed by atoms with Crippen LogP contribution < -0.4 is 5.32 Å². The fraction of sp³-hybridized carbons (Fsp3) is 0.364. The van der Waals surface area contributed by atoms with E-state index in [9.17, 15) is 4.79 Å². The zero-order valence-electron chi connectivity index (χ0n) is 16.2. The highest BCUT2D eigenvalue weighted by molar-refractivity contribution is 5.92. The lowest BCUT2D eigenvalue weighted by molar-refractivity contribution is -0.116. The molecule has 0 saturated heterocycles. The van der Waals surface area contributed by atoms with Crippen molar-refractivity contribution in [1.29, 1.82) is 0 Å². The summed E-state index contributed by atoms with van der Waals surface area (Å²) in [4.78, 5) is 16.5. The number of fused-ring (bicyclic) bond motifs is 1. The largest absolute Gasteiger partial charge is 0.326 e. The maximum Gasteiger partial charge on any atom is 0.224 e. The molecule has 0 radical (unpaired) electrons. The molecule has 1 aliphatic rings. The summed E-state index contributed by atoms with van der Waals surface area (Å²) in [5.41, 5.74) is 3.93. The zero-order valence-corrected chi connectivity index (χ0v) is 16.2. The summed E-state index contributed by atoms with van der Waals surface area (Å²) in [5.74, 6) is 1.96. The van der Waals surface area contributed by atoms with Crippen molar-refractivity contribution < 1.29 is 4.79 Å². The van der Waals surface area contributed by atoms with Crippen LogP contribution in [0.2, 0.25) is 0 Å². The van der Waals surface area contributed by atoms with Crippen LogP contribution in [-0.4, -0.2) is 25.7 Å². The molecule has 0 spiro atoms. The lowest BCUT2D eigenvalue weighted by Crippen LogP contribution is -2.13. The molecule has 6 nitrogen and oxygen atoms in total. The van der Waals surface area contributed by atoms with Gasteiger partial charge >= 0.3 is 0 Å². The number of rotatable bonds is 5. The summed E-state index contributed by atoms with van der Waals surface area (Å²) >= 11 is 0. The maximum absolute atomic E-state index is 12.4. The third-order valence-corrected chi connectivity index (χ3v) is 5.24. The van der Waals surface area contributed by atoms with Crippen LogP contribution in [-0.2, 0) is 24.2 Å². The number of nitrogens with one attached hydrogen (secondary N) is 1. The van der Waals surface area contributed by atoms with E-state index in [2.05, 4.69) is 31.1 Å². The smallest absolute Gasteiger partial charge is 0.224 e. The van der Waals surface area contributed by atoms with Crippen molar-refractivity contribution >= 4 is 11.6 Å². The van der Waals surface area contributed by atoms with E-state index < -0.39 is 0 Å². The van der Waals surface area contributed by atoms with E-state index in [4.69, 9.17) is 0 Å². The molecule has 4 rings (SSSR count). The number of aryl methyl sites for hydroxylation is 3. The fourth-order valence-electron chi connectivity index (χ4n) is 3.61. The number of hydrogen-bond acceptors (Lipinski definition) is 4. The summed E-state index contributed by atoms with van der Waals surface area (Å²) < 4.78 is 2.23. The van der Waals surface area contributed by atoms with Gasteiger partial charge in [-0.15, -0.1) is 10.2 Å². The van der Waals surface area contributed by atoms with Gasteiger partial charge in [-0.05, 0) is 49.4 Å². The Morgan fingerprint density at radius 2 is 2.11 bits per heavy atom. The minimum Gasteiger partial charge on any atom is -0.326 e. The van der Waals surface area contributed by atoms with Gasteiger partial charge < -0.3 is 9.88 Å². The highest BCUT2D eigenvalue weighted by Crippen LogP contribution is 2.27. The van der Waals surface area contributed by atoms with Crippen molar-refractivity contribution in [3.05, 3.63) is 59.7 Å². The second-order valence-corrected chi connectivity index (χ2v) is 7.34. The SMILES string of the molecule is Cc1ccc(-c2nnc3n2CCCCC3)cc1NC(=O)CCc1cccnc1. The van der Waals surface area contributed by atoms with E-state index in [-0.39, 0.29) is 5.91 Å². The van der Waals surface area contributed by atoms with Crippen molar-refractivity contribution in [1.82, 2.24) is 19.7 Å². The van der Waals surface area contributed by atoms with Crippen LogP contribution in [0.5, 0.6) is 0 Å². The number of pyridine rings is 1. The molecule has 1 aliphatic heterocycles. The first-order valence-electron chi connectivity index (χ1n) is 9.92. The average molecular weight is 375 g/mol. The maximum atomic E-state index is 12.4. The van der Waals surface area contributed by atoms with Gasteiger partial charge in [0.15, 0.2) is 5.82 Å². The molecule has 6 heteroatoms. The van der Waals surface area contributed by atoms with E-state index in [0.29, 0.717) is 12.8 Å². The topological polar surface area (TPSA) is 72.7 Å². The Labute approximate surface area is 165 Å².